The van der Waals surface area contributed by atoms with Gasteiger partial charge in [0.1, 0.15) is 29.8 Å². The molecule has 4 aliphatic rings. The van der Waals surface area contributed by atoms with Gasteiger partial charge >= 0.3 is 11.9 Å². The Bertz CT molecular complexity index is 2090. The monoisotopic (exact) mass is 891 g/mol. The Morgan fingerprint density at radius 3 is 1.57 bits per heavy atom. The summed E-state index contributed by atoms with van der Waals surface area (Å²) in [5.41, 5.74) is 4.01. The first-order chi connectivity index (χ1) is 31.6. The largest absolute Gasteiger partial charge is 0.481 e. The number of unbranched alkanes of at least 4 members (excludes halogenated alkanes) is 4. The predicted molar refractivity (Wildman–Crippen MR) is 255 cm³/mol. The molecule has 8 rings (SSSR count). The minimum Gasteiger partial charge on any atom is -0.481 e. The average molecular weight is 891 g/mol. The standard InChI is InChI=1S/C26H35N3O3.C13H18N2O.C13H17NO3/c30-25(31)23(20-8-3-1-4-9-20)26(32)14-18-29(19-15-26)17-6-2-5-11-22-13-12-21-10-7-16-27-24(21)28-22;16-10-3-1-2-6-12-8-7-11-5-4-9-14-13(11)15-12;15-12(16)11(10-4-2-1-3-5-10)13(17)6-8-14-9-7-13/h1,3-4,8-9,12-13,23,32H,2,5-7,10-11,14-19H2,(H,27,28)(H,30,31);7-8,10H,1-6,9H2,(H,14,15);1-5,11,14,17H,6-9H2,(H,15,16). The summed E-state index contributed by atoms with van der Waals surface area (Å²) in [6.45, 7) is 5.86. The molecule has 0 saturated carbocycles. The van der Waals surface area contributed by atoms with Crippen LogP contribution in [-0.2, 0) is 40.1 Å². The number of nitrogens with one attached hydrogen (secondary N) is 3. The van der Waals surface area contributed by atoms with E-state index in [1.807, 2.05) is 24.3 Å². The number of aromatic nitrogens is 2. The van der Waals surface area contributed by atoms with Crippen molar-refractivity contribution in [3.05, 3.63) is 119 Å². The molecule has 2 aromatic heterocycles. The minimum atomic E-state index is -1.18. The van der Waals surface area contributed by atoms with E-state index in [1.54, 1.807) is 36.4 Å². The van der Waals surface area contributed by atoms with E-state index in [1.165, 1.54) is 29.7 Å². The van der Waals surface area contributed by atoms with E-state index in [0.717, 1.165) is 114 Å². The Labute approximate surface area is 384 Å². The van der Waals surface area contributed by atoms with Gasteiger partial charge < -0.3 is 46.1 Å². The van der Waals surface area contributed by atoms with Crippen LogP contribution in [0.1, 0.15) is 123 Å². The fraction of sp³-hybridized carbons (Fsp3) is 0.519. The van der Waals surface area contributed by atoms with Crippen molar-refractivity contribution in [2.45, 2.75) is 126 Å². The van der Waals surface area contributed by atoms with Crippen LogP contribution in [0.5, 0.6) is 0 Å². The SMILES string of the molecule is O=C(O)C(c1ccccc1)C1(O)CCN(CCCCCc2ccc3c(n2)NCCC3)CC1.O=C(O)C(c1ccccc1)C1(O)CCNCC1.O=CCCCCc1ccc2c(n1)NCCC2. The highest BCUT2D eigenvalue weighted by atomic mass is 16.4. The molecule has 7 N–H and O–H groups in total. The Morgan fingerprint density at radius 2 is 1.09 bits per heavy atom. The van der Waals surface area contributed by atoms with Crippen molar-refractivity contribution in [2.24, 2.45) is 0 Å². The zero-order valence-electron chi connectivity index (χ0n) is 37.9. The van der Waals surface area contributed by atoms with Gasteiger partial charge in [-0.25, -0.2) is 9.97 Å². The molecular formula is C52H70N6O7. The van der Waals surface area contributed by atoms with Gasteiger partial charge in [0, 0.05) is 44.0 Å². The summed E-state index contributed by atoms with van der Waals surface area (Å²) < 4.78 is 0. The number of fused-ring (bicyclic) bond motifs is 2. The van der Waals surface area contributed by atoms with Gasteiger partial charge in [-0.15, -0.1) is 0 Å². The fourth-order valence-electron chi connectivity index (χ4n) is 9.63. The highest BCUT2D eigenvalue weighted by Gasteiger charge is 2.45. The van der Waals surface area contributed by atoms with E-state index in [-0.39, 0.29) is 0 Å². The topological polar surface area (TPSA) is 197 Å². The molecule has 0 spiro atoms. The molecule has 0 bridgehead atoms. The van der Waals surface area contributed by atoms with Gasteiger partial charge in [-0.1, -0.05) is 79.2 Å². The predicted octanol–water partition coefficient (Wildman–Crippen LogP) is 7.17. The number of aliphatic carboxylic acids is 2. The Balaban J connectivity index is 0.000000178. The maximum absolute atomic E-state index is 11.9. The van der Waals surface area contributed by atoms with Crippen LogP contribution in [0.25, 0.3) is 0 Å². The summed E-state index contributed by atoms with van der Waals surface area (Å²) in [6, 6.07) is 26.8. The number of aliphatic hydroxyl groups is 2. The first kappa shape index (κ1) is 49.2. The van der Waals surface area contributed by atoms with E-state index in [9.17, 15) is 34.8 Å². The molecule has 6 heterocycles. The van der Waals surface area contributed by atoms with E-state index >= 15 is 0 Å². The van der Waals surface area contributed by atoms with Crippen molar-refractivity contribution >= 4 is 29.9 Å². The van der Waals surface area contributed by atoms with E-state index in [4.69, 9.17) is 4.98 Å². The van der Waals surface area contributed by atoms with Gasteiger partial charge in [0.15, 0.2) is 0 Å². The molecule has 350 valence electrons. The number of rotatable bonds is 17. The van der Waals surface area contributed by atoms with Crippen molar-refractivity contribution in [1.82, 2.24) is 20.2 Å². The molecule has 2 aromatic carbocycles. The molecule has 2 fully saturated rings. The third-order valence-corrected chi connectivity index (χ3v) is 13.3. The first-order valence-electron chi connectivity index (χ1n) is 23.9. The molecule has 0 aliphatic carbocycles. The maximum atomic E-state index is 11.9. The van der Waals surface area contributed by atoms with Crippen LogP contribution in [0.15, 0.2) is 84.9 Å². The van der Waals surface area contributed by atoms with Gasteiger partial charge in [-0.05, 0) is 144 Å². The van der Waals surface area contributed by atoms with Crippen molar-refractivity contribution in [3.63, 3.8) is 0 Å². The van der Waals surface area contributed by atoms with E-state index in [2.05, 4.69) is 50.1 Å². The summed E-state index contributed by atoms with van der Waals surface area (Å²) in [5.74, 6) is -1.47. The zero-order chi connectivity index (χ0) is 45.9. The highest BCUT2D eigenvalue weighted by Crippen LogP contribution is 2.38. The summed E-state index contributed by atoms with van der Waals surface area (Å²) >= 11 is 0. The lowest BCUT2D eigenvalue weighted by Crippen LogP contribution is -2.50. The number of aldehydes is 1. The summed E-state index contributed by atoms with van der Waals surface area (Å²) in [5, 5.41) is 50.7. The molecule has 65 heavy (non-hydrogen) atoms. The molecule has 2 atom stereocenters. The number of likely N-dealkylation sites (tertiary alicyclic amines) is 1. The van der Waals surface area contributed by atoms with E-state index < -0.39 is 35.0 Å². The first-order valence-corrected chi connectivity index (χ1v) is 23.9. The Morgan fingerprint density at radius 1 is 0.615 bits per heavy atom. The third kappa shape index (κ3) is 14.4. The lowest BCUT2D eigenvalue weighted by atomic mass is 9.76. The minimum absolute atomic E-state index is 0.471. The molecule has 13 heteroatoms. The number of carbonyl (C=O) groups excluding carboxylic acids is 1. The number of pyridine rings is 2. The quantitative estimate of drug-likeness (QED) is 0.0417. The van der Waals surface area contributed by atoms with Crippen molar-refractivity contribution in [2.75, 3.05) is 56.4 Å². The van der Waals surface area contributed by atoms with Crippen LogP contribution in [-0.4, -0.2) is 111 Å². The summed E-state index contributed by atoms with van der Waals surface area (Å²) in [6.07, 6.45) is 15.6. The summed E-state index contributed by atoms with van der Waals surface area (Å²) in [4.78, 5) is 45.3. The molecule has 0 amide bonds. The van der Waals surface area contributed by atoms with Crippen molar-refractivity contribution < 1.29 is 34.8 Å². The van der Waals surface area contributed by atoms with Gasteiger partial charge in [0.05, 0.1) is 11.2 Å². The molecule has 0 radical (unpaired) electrons. The Kier molecular flexibility index (Phi) is 18.9. The number of hydrogen-bond acceptors (Lipinski definition) is 11. The van der Waals surface area contributed by atoms with Crippen LogP contribution in [0.4, 0.5) is 11.6 Å². The van der Waals surface area contributed by atoms with Crippen LogP contribution in [0.3, 0.4) is 0 Å². The zero-order valence-corrected chi connectivity index (χ0v) is 37.9. The van der Waals surface area contributed by atoms with Crippen LogP contribution < -0.4 is 16.0 Å². The van der Waals surface area contributed by atoms with Gasteiger partial charge in [-0.2, -0.15) is 0 Å². The Hall–Kier alpha value is -5.21. The van der Waals surface area contributed by atoms with Gasteiger partial charge in [0.25, 0.3) is 0 Å². The van der Waals surface area contributed by atoms with Crippen LogP contribution >= 0.6 is 0 Å². The highest BCUT2D eigenvalue weighted by molar-refractivity contribution is 5.78. The number of anilines is 2. The van der Waals surface area contributed by atoms with Gasteiger partial charge in [0.2, 0.25) is 0 Å². The smallest absolute Gasteiger partial charge is 0.313 e. The van der Waals surface area contributed by atoms with Crippen molar-refractivity contribution in [1.29, 1.82) is 0 Å². The van der Waals surface area contributed by atoms with Gasteiger partial charge in [-0.3, -0.25) is 9.59 Å². The maximum Gasteiger partial charge on any atom is 0.313 e. The number of nitrogens with zero attached hydrogens (tertiary/aromatic N) is 3. The summed E-state index contributed by atoms with van der Waals surface area (Å²) in [7, 11) is 0. The normalized spacial score (nSPS) is 18.2. The number of carboxylic acids is 2. The van der Waals surface area contributed by atoms with Crippen LogP contribution in [0.2, 0.25) is 0 Å². The molecule has 4 aliphatic heterocycles. The fourth-order valence-corrected chi connectivity index (χ4v) is 9.63. The second-order valence-corrected chi connectivity index (χ2v) is 18.1. The molecular weight excluding hydrogens is 821 g/mol. The molecule has 2 saturated heterocycles. The third-order valence-electron chi connectivity index (χ3n) is 13.3. The second-order valence-electron chi connectivity index (χ2n) is 18.1. The number of piperidine rings is 2. The average Bonchev–Trinajstić information content (AvgIpc) is 3.32. The number of carboxylic acid groups (broad SMARTS) is 2. The molecule has 2 unspecified atom stereocenters. The molecule has 4 aromatic rings. The second kappa shape index (κ2) is 24.9. The molecule has 13 nitrogen and oxygen atoms in total. The van der Waals surface area contributed by atoms with Crippen LogP contribution in [0, 0.1) is 0 Å². The number of benzene rings is 2. The number of carbonyl (C=O) groups is 3. The van der Waals surface area contributed by atoms with Crippen molar-refractivity contribution in [3.8, 4) is 0 Å². The van der Waals surface area contributed by atoms with E-state index in [0.29, 0.717) is 56.3 Å². The number of aryl methyl sites for hydroxylation is 4. The lowest BCUT2D eigenvalue weighted by molar-refractivity contribution is -0.149. The lowest BCUT2D eigenvalue weighted by Gasteiger charge is -2.41. The number of hydrogen-bond donors (Lipinski definition) is 7.